The fraction of sp³-hybridized carbons (Fsp3) is 0.625. The highest BCUT2D eigenvalue weighted by molar-refractivity contribution is 7.89. The van der Waals surface area contributed by atoms with Crippen LogP contribution in [-0.2, 0) is 26.8 Å². The zero-order chi connectivity index (χ0) is 11.5. The van der Waals surface area contributed by atoms with Crippen LogP contribution in [0.15, 0.2) is 4.52 Å². The number of sulfone groups is 1. The summed E-state index contributed by atoms with van der Waals surface area (Å²) in [5.41, 5.74) is 0. The number of ketones is 1. The van der Waals surface area contributed by atoms with E-state index in [2.05, 4.69) is 10.1 Å². The molecule has 0 amide bonds. The van der Waals surface area contributed by atoms with Crippen molar-refractivity contribution in [2.24, 2.45) is 0 Å². The molecule has 0 aliphatic rings. The number of carbonyl (C=O) groups excluding carboxylic acids is 1. The van der Waals surface area contributed by atoms with Crippen molar-refractivity contribution in [3.05, 3.63) is 11.7 Å². The van der Waals surface area contributed by atoms with E-state index in [0.29, 0.717) is 18.7 Å². The van der Waals surface area contributed by atoms with Crippen LogP contribution in [0.3, 0.4) is 0 Å². The maximum atomic E-state index is 10.9. The Morgan fingerprint density at radius 2 is 2.13 bits per heavy atom. The van der Waals surface area contributed by atoms with Crippen molar-refractivity contribution in [2.45, 2.75) is 25.5 Å². The number of aromatic nitrogens is 2. The summed E-state index contributed by atoms with van der Waals surface area (Å²) in [5, 5.41) is 3.50. The Bertz CT molecular complexity index is 449. The predicted molar refractivity (Wildman–Crippen MR) is 51.8 cm³/mol. The second-order valence-electron chi connectivity index (χ2n) is 3.38. The van der Waals surface area contributed by atoms with E-state index in [9.17, 15) is 13.2 Å². The van der Waals surface area contributed by atoms with E-state index in [4.69, 9.17) is 4.52 Å². The third-order valence-corrected chi connectivity index (χ3v) is 2.37. The van der Waals surface area contributed by atoms with Crippen LogP contribution < -0.4 is 0 Å². The first-order chi connectivity index (χ1) is 6.87. The molecule has 1 aromatic heterocycles. The zero-order valence-corrected chi connectivity index (χ0v) is 9.37. The van der Waals surface area contributed by atoms with Gasteiger partial charge >= 0.3 is 0 Å². The third-order valence-electron chi connectivity index (χ3n) is 1.59. The van der Waals surface area contributed by atoms with E-state index in [0.717, 1.165) is 6.26 Å². The van der Waals surface area contributed by atoms with E-state index in [1.807, 2.05) is 0 Å². The molecule has 1 aromatic rings. The van der Waals surface area contributed by atoms with E-state index in [1.54, 1.807) is 0 Å². The van der Waals surface area contributed by atoms with Crippen molar-refractivity contribution >= 4 is 15.6 Å². The fourth-order valence-corrected chi connectivity index (χ4v) is 1.55. The van der Waals surface area contributed by atoms with E-state index in [-0.39, 0.29) is 17.4 Å². The Hall–Kier alpha value is -1.24. The zero-order valence-electron chi connectivity index (χ0n) is 8.56. The summed E-state index contributed by atoms with van der Waals surface area (Å²) < 4.78 is 26.6. The summed E-state index contributed by atoms with van der Waals surface area (Å²) in [6.07, 6.45) is 1.77. The number of aryl methyl sites for hydroxylation is 1. The lowest BCUT2D eigenvalue weighted by Gasteiger charge is -1.89. The molecule has 84 valence electrons. The molecular weight excluding hydrogens is 220 g/mol. The van der Waals surface area contributed by atoms with Gasteiger partial charge in [0.05, 0.1) is 0 Å². The normalized spacial score (nSPS) is 11.6. The molecule has 0 fully saturated rings. The van der Waals surface area contributed by atoms with Crippen LogP contribution >= 0.6 is 0 Å². The highest BCUT2D eigenvalue weighted by Gasteiger charge is 2.12. The molecule has 0 aliphatic carbocycles. The van der Waals surface area contributed by atoms with Gasteiger partial charge in [-0.2, -0.15) is 4.98 Å². The van der Waals surface area contributed by atoms with Crippen molar-refractivity contribution in [3.63, 3.8) is 0 Å². The molecule has 7 heteroatoms. The standard InChI is InChI=1S/C8H12N2O4S/c1-6(11)3-4-8-9-7(10-14-8)5-15(2,12)13/h3-5H2,1-2H3. The van der Waals surface area contributed by atoms with Crippen LogP contribution in [0.1, 0.15) is 25.1 Å². The summed E-state index contributed by atoms with van der Waals surface area (Å²) in [6, 6.07) is 0. The minimum absolute atomic E-state index is 0.0258. The Labute approximate surface area is 87.6 Å². The van der Waals surface area contributed by atoms with Crippen LogP contribution in [0, 0.1) is 0 Å². The predicted octanol–water partition coefficient (Wildman–Crippen LogP) is 0.136. The lowest BCUT2D eigenvalue weighted by atomic mass is 10.2. The second kappa shape index (κ2) is 4.52. The molecule has 15 heavy (non-hydrogen) atoms. The van der Waals surface area contributed by atoms with Gasteiger partial charge in [0, 0.05) is 19.1 Å². The van der Waals surface area contributed by atoms with Gasteiger partial charge < -0.3 is 9.32 Å². The van der Waals surface area contributed by atoms with Crippen molar-refractivity contribution in [2.75, 3.05) is 6.26 Å². The third kappa shape index (κ3) is 4.68. The molecule has 0 spiro atoms. The molecule has 0 aliphatic heterocycles. The highest BCUT2D eigenvalue weighted by atomic mass is 32.2. The molecule has 0 saturated carbocycles. The molecular formula is C8H12N2O4S. The lowest BCUT2D eigenvalue weighted by molar-refractivity contribution is -0.117. The lowest BCUT2D eigenvalue weighted by Crippen LogP contribution is -2.02. The highest BCUT2D eigenvalue weighted by Crippen LogP contribution is 2.04. The van der Waals surface area contributed by atoms with E-state index < -0.39 is 9.84 Å². The topological polar surface area (TPSA) is 90.1 Å². The Kier molecular flexibility index (Phi) is 3.57. The maximum absolute atomic E-state index is 10.9. The van der Waals surface area contributed by atoms with Gasteiger partial charge in [0.2, 0.25) is 5.89 Å². The van der Waals surface area contributed by atoms with Gasteiger partial charge in [0.25, 0.3) is 0 Å². The van der Waals surface area contributed by atoms with Crippen molar-refractivity contribution in [1.29, 1.82) is 0 Å². The first-order valence-electron chi connectivity index (χ1n) is 4.35. The number of hydrogen-bond donors (Lipinski definition) is 0. The second-order valence-corrected chi connectivity index (χ2v) is 5.52. The van der Waals surface area contributed by atoms with Crippen molar-refractivity contribution in [1.82, 2.24) is 10.1 Å². The Morgan fingerprint density at radius 3 is 2.67 bits per heavy atom. The molecule has 6 nitrogen and oxygen atoms in total. The van der Waals surface area contributed by atoms with Gasteiger partial charge in [-0.15, -0.1) is 0 Å². The fourth-order valence-electron chi connectivity index (χ4n) is 0.968. The average Bonchev–Trinajstić information content (AvgIpc) is 2.45. The van der Waals surface area contributed by atoms with Crippen molar-refractivity contribution in [3.8, 4) is 0 Å². The Morgan fingerprint density at radius 1 is 1.47 bits per heavy atom. The molecule has 0 atom stereocenters. The summed E-state index contributed by atoms with van der Waals surface area (Å²) in [7, 11) is -3.15. The van der Waals surface area contributed by atoms with E-state index >= 15 is 0 Å². The largest absolute Gasteiger partial charge is 0.339 e. The molecule has 1 rings (SSSR count). The van der Waals surface area contributed by atoms with Gasteiger partial charge in [-0.3, -0.25) is 0 Å². The molecule has 0 N–H and O–H groups in total. The van der Waals surface area contributed by atoms with Crippen LogP contribution in [0.2, 0.25) is 0 Å². The van der Waals surface area contributed by atoms with Crippen LogP contribution in [0.4, 0.5) is 0 Å². The van der Waals surface area contributed by atoms with Gasteiger partial charge in [-0.05, 0) is 6.92 Å². The molecule has 0 aromatic carbocycles. The molecule has 0 radical (unpaired) electrons. The summed E-state index contributed by atoms with van der Waals surface area (Å²) in [4.78, 5) is 14.5. The number of Topliss-reactive ketones (excluding diaryl/α,β-unsaturated/α-hetero) is 1. The van der Waals surface area contributed by atoms with Gasteiger partial charge in [-0.25, -0.2) is 8.42 Å². The Balaban J connectivity index is 2.60. The summed E-state index contributed by atoms with van der Waals surface area (Å²) in [5.74, 6) is 0.217. The van der Waals surface area contributed by atoms with Crippen LogP contribution in [0.5, 0.6) is 0 Å². The summed E-state index contributed by atoms with van der Waals surface area (Å²) >= 11 is 0. The van der Waals surface area contributed by atoms with Crippen LogP contribution in [0.25, 0.3) is 0 Å². The van der Waals surface area contributed by atoms with E-state index in [1.165, 1.54) is 6.92 Å². The SMILES string of the molecule is CC(=O)CCc1nc(CS(C)(=O)=O)no1. The molecule has 0 bridgehead atoms. The minimum Gasteiger partial charge on any atom is -0.339 e. The smallest absolute Gasteiger partial charge is 0.227 e. The molecule has 0 unspecified atom stereocenters. The molecule has 0 saturated heterocycles. The quantitative estimate of drug-likeness (QED) is 0.717. The number of carbonyl (C=O) groups is 1. The van der Waals surface area contributed by atoms with Gasteiger partial charge in [0.15, 0.2) is 15.7 Å². The van der Waals surface area contributed by atoms with Crippen molar-refractivity contribution < 1.29 is 17.7 Å². The first-order valence-corrected chi connectivity index (χ1v) is 6.41. The maximum Gasteiger partial charge on any atom is 0.227 e. The van der Waals surface area contributed by atoms with Gasteiger partial charge in [0.1, 0.15) is 11.5 Å². The average molecular weight is 232 g/mol. The van der Waals surface area contributed by atoms with Gasteiger partial charge in [-0.1, -0.05) is 5.16 Å². The first kappa shape index (κ1) is 11.8. The minimum atomic E-state index is -3.15. The monoisotopic (exact) mass is 232 g/mol. The number of rotatable bonds is 5. The number of nitrogens with zero attached hydrogens (tertiary/aromatic N) is 2. The number of hydrogen-bond acceptors (Lipinski definition) is 6. The molecule has 1 heterocycles. The van der Waals surface area contributed by atoms with Crippen LogP contribution in [-0.4, -0.2) is 30.6 Å². The summed E-state index contributed by atoms with van der Waals surface area (Å²) in [6.45, 7) is 1.47.